The van der Waals surface area contributed by atoms with E-state index >= 15 is 0 Å². The Morgan fingerprint density at radius 2 is 1.26 bits per heavy atom. The summed E-state index contributed by atoms with van der Waals surface area (Å²) in [5.74, 6) is 1.29. The first-order valence-electron chi connectivity index (χ1n) is 17.4. The van der Waals surface area contributed by atoms with Gasteiger partial charge in [-0.05, 0) is 57.7 Å². The monoisotopic (exact) mass is 723 g/mol. The lowest BCUT2D eigenvalue weighted by Crippen LogP contribution is -2.24. The van der Waals surface area contributed by atoms with Crippen LogP contribution in [-0.2, 0) is 13.1 Å². The van der Waals surface area contributed by atoms with Crippen LogP contribution in [0.1, 0.15) is 127 Å². The smallest absolute Gasteiger partial charge is 0.223 e. The Labute approximate surface area is 305 Å². The molecule has 0 aliphatic rings. The summed E-state index contributed by atoms with van der Waals surface area (Å²) >= 11 is 0. The van der Waals surface area contributed by atoms with Gasteiger partial charge in [0.15, 0.2) is 5.75 Å². The molecule has 0 spiro atoms. The fraction of sp³-hybridized carbons (Fsp3) is 0.703. The van der Waals surface area contributed by atoms with Crippen LogP contribution in [0.15, 0.2) is 41.3 Å². The average molecular weight is 725 g/mol. The topological polar surface area (TPSA) is 87.2 Å². The number of unbranched alkanes of at least 4 members (excludes halogenated alkanes) is 15. The number of halogens is 3. The average Bonchev–Trinajstić information content (AvgIpc) is 3.00. The quantitative estimate of drug-likeness (QED) is 0.0930. The zero-order chi connectivity index (χ0) is 31.0. The first-order chi connectivity index (χ1) is 21.0. The van der Waals surface area contributed by atoms with Gasteiger partial charge >= 0.3 is 0 Å². The number of aromatic nitrogens is 1. The SMILES string of the molecule is CCCCCCCCCCCCCCCCCCOc1cn(Cc2ccc(OC)cc2)c(CNCCCN(C)C)cc1=O.Cl.Cl.Cl.O. The van der Waals surface area contributed by atoms with Crippen LogP contribution < -0.4 is 20.2 Å². The van der Waals surface area contributed by atoms with Crippen LogP contribution in [-0.4, -0.2) is 55.8 Å². The molecule has 2 rings (SSSR count). The summed E-state index contributed by atoms with van der Waals surface area (Å²) in [5, 5.41) is 3.50. The Morgan fingerprint density at radius 1 is 0.745 bits per heavy atom. The van der Waals surface area contributed by atoms with E-state index in [-0.39, 0.29) is 48.1 Å². The maximum atomic E-state index is 12.9. The van der Waals surface area contributed by atoms with E-state index < -0.39 is 0 Å². The van der Waals surface area contributed by atoms with E-state index in [1.54, 1.807) is 13.2 Å². The Hall–Kier alpha value is -1.48. The van der Waals surface area contributed by atoms with Crippen LogP contribution in [0.5, 0.6) is 11.5 Å². The lowest BCUT2D eigenvalue weighted by molar-refractivity contribution is 0.298. The Balaban J connectivity index is -0.00000484. The van der Waals surface area contributed by atoms with Crippen LogP contribution in [0.3, 0.4) is 0 Å². The molecule has 0 unspecified atom stereocenters. The number of benzene rings is 1. The largest absolute Gasteiger partial charge is 0.497 e. The van der Waals surface area contributed by atoms with E-state index in [1.807, 2.05) is 18.3 Å². The molecule has 47 heavy (non-hydrogen) atoms. The molecule has 276 valence electrons. The summed E-state index contributed by atoms with van der Waals surface area (Å²) in [4.78, 5) is 15.1. The van der Waals surface area contributed by atoms with Crippen molar-refractivity contribution in [1.82, 2.24) is 14.8 Å². The van der Waals surface area contributed by atoms with Crippen molar-refractivity contribution in [3.63, 3.8) is 0 Å². The highest BCUT2D eigenvalue weighted by Crippen LogP contribution is 2.16. The molecule has 1 aromatic heterocycles. The summed E-state index contributed by atoms with van der Waals surface area (Å²) in [6.07, 6.45) is 24.5. The van der Waals surface area contributed by atoms with Gasteiger partial charge in [-0.3, -0.25) is 4.79 Å². The first kappa shape index (κ1) is 49.9. The minimum absolute atomic E-state index is 0. The van der Waals surface area contributed by atoms with Crippen LogP contribution in [0, 0.1) is 0 Å². The van der Waals surface area contributed by atoms with Gasteiger partial charge < -0.3 is 29.7 Å². The predicted octanol–water partition coefficient (Wildman–Crippen LogP) is 9.03. The van der Waals surface area contributed by atoms with Gasteiger partial charge in [0, 0.05) is 24.8 Å². The molecule has 2 aromatic rings. The molecule has 0 aliphatic carbocycles. The number of nitrogens with zero attached hydrogens (tertiary/aromatic N) is 2. The number of hydrogen-bond donors (Lipinski definition) is 1. The number of nitrogens with one attached hydrogen (secondary N) is 1. The molecule has 0 amide bonds. The standard InChI is InChI=1S/C37H63N3O3.3ClH.H2O/c1-5-6-7-8-9-10-11-12-13-14-15-16-17-18-19-20-28-43-37-32-40(31-33-22-24-35(42-4)25-23-33)34(29-36(37)41)30-38-26-21-27-39(2)3;;;;/h22-25,29,32,38H,5-21,26-28,30-31H2,1-4H3;3*1H;1H2. The zero-order valence-corrected chi connectivity index (χ0v) is 32.3. The molecule has 0 atom stereocenters. The molecule has 0 fully saturated rings. The van der Waals surface area contributed by atoms with Crippen molar-refractivity contribution < 1.29 is 14.9 Å². The Bertz CT molecular complexity index is 1020. The zero-order valence-electron chi connectivity index (χ0n) is 29.9. The summed E-state index contributed by atoms with van der Waals surface area (Å²) < 4.78 is 13.5. The third-order valence-electron chi connectivity index (χ3n) is 8.21. The maximum absolute atomic E-state index is 12.9. The van der Waals surface area contributed by atoms with Crippen molar-refractivity contribution in [3.8, 4) is 11.5 Å². The number of ether oxygens (including phenoxy) is 2. The molecular formula is C37H68Cl3N3O4. The third-order valence-corrected chi connectivity index (χ3v) is 8.21. The minimum atomic E-state index is -0.0347. The molecule has 0 saturated carbocycles. The second-order valence-corrected chi connectivity index (χ2v) is 12.5. The summed E-state index contributed by atoms with van der Waals surface area (Å²) in [6, 6.07) is 9.84. The fourth-order valence-corrected chi connectivity index (χ4v) is 5.50. The van der Waals surface area contributed by atoms with Gasteiger partial charge in [0.1, 0.15) is 5.75 Å². The fourth-order valence-electron chi connectivity index (χ4n) is 5.50. The summed E-state index contributed by atoms with van der Waals surface area (Å²) in [7, 11) is 5.86. The van der Waals surface area contributed by atoms with Crippen LogP contribution in [0.25, 0.3) is 0 Å². The molecule has 1 heterocycles. The second kappa shape index (κ2) is 33.0. The van der Waals surface area contributed by atoms with Crippen molar-refractivity contribution in [2.24, 2.45) is 0 Å². The molecule has 1 aromatic carbocycles. The van der Waals surface area contributed by atoms with Crippen molar-refractivity contribution >= 4 is 37.2 Å². The summed E-state index contributed by atoms with van der Waals surface area (Å²) in [5.41, 5.74) is 2.09. The molecule has 0 saturated heterocycles. The van der Waals surface area contributed by atoms with E-state index in [4.69, 9.17) is 9.47 Å². The first-order valence-corrected chi connectivity index (χ1v) is 17.4. The van der Waals surface area contributed by atoms with Crippen molar-refractivity contribution in [3.05, 3.63) is 58.0 Å². The van der Waals surface area contributed by atoms with Crippen molar-refractivity contribution in [1.29, 1.82) is 0 Å². The predicted molar refractivity (Wildman–Crippen MR) is 208 cm³/mol. The van der Waals surface area contributed by atoms with Gasteiger partial charge in [0.2, 0.25) is 5.43 Å². The number of hydrogen-bond acceptors (Lipinski definition) is 5. The molecule has 0 radical (unpaired) electrons. The minimum Gasteiger partial charge on any atom is -0.497 e. The lowest BCUT2D eigenvalue weighted by atomic mass is 10.0. The molecule has 3 N–H and O–H groups in total. The van der Waals surface area contributed by atoms with E-state index in [2.05, 4.69) is 47.9 Å². The van der Waals surface area contributed by atoms with Crippen LogP contribution in [0.2, 0.25) is 0 Å². The van der Waals surface area contributed by atoms with E-state index in [1.165, 1.54) is 89.9 Å². The highest BCUT2D eigenvalue weighted by molar-refractivity contribution is 5.86. The highest BCUT2D eigenvalue weighted by Gasteiger charge is 2.09. The number of pyridine rings is 1. The third kappa shape index (κ3) is 24.3. The van der Waals surface area contributed by atoms with Gasteiger partial charge in [-0.15, -0.1) is 37.2 Å². The molecule has 7 nitrogen and oxygen atoms in total. The van der Waals surface area contributed by atoms with Gasteiger partial charge in [-0.25, -0.2) is 0 Å². The lowest BCUT2D eigenvalue weighted by Gasteiger charge is -2.17. The Morgan fingerprint density at radius 3 is 1.74 bits per heavy atom. The van der Waals surface area contributed by atoms with Crippen molar-refractivity contribution in [2.45, 2.75) is 129 Å². The maximum Gasteiger partial charge on any atom is 0.223 e. The van der Waals surface area contributed by atoms with Gasteiger partial charge in [-0.2, -0.15) is 0 Å². The summed E-state index contributed by atoms with van der Waals surface area (Å²) in [6.45, 7) is 6.16. The van der Waals surface area contributed by atoms with Crippen LogP contribution in [0.4, 0.5) is 0 Å². The van der Waals surface area contributed by atoms with E-state index in [0.717, 1.165) is 49.4 Å². The Kier molecular flexibility index (Phi) is 35.1. The molecular weight excluding hydrogens is 657 g/mol. The molecule has 0 aliphatic heterocycles. The normalized spacial score (nSPS) is 10.4. The van der Waals surface area contributed by atoms with Gasteiger partial charge in [0.25, 0.3) is 0 Å². The van der Waals surface area contributed by atoms with Crippen LogP contribution >= 0.6 is 37.2 Å². The van der Waals surface area contributed by atoms with E-state index in [9.17, 15) is 4.79 Å². The number of methoxy groups -OCH3 is 1. The van der Waals surface area contributed by atoms with Gasteiger partial charge in [-0.1, -0.05) is 115 Å². The van der Waals surface area contributed by atoms with Gasteiger partial charge in [0.05, 0.1) is 19.9 Å². The van der Waals surface area contributed by atoms with E-state index in [0.29, 0.717) is 25.4 Å². The number of rotatable bonds is 27. The second-order valence-electron chi connectivity index (χ2n) is 12.5. The molecule has 0 bridgehead atoms. The molecule has 10 heteroatoms. The highest BCUT2D eigenvalue weighted by atomic mass is 35.5. The van der Waals surface area contributed by atoms with Crippen molar-refractivity contribution in [2.75, 3.05) is 40.9 Å².